The third-order valence-corrected chi connectivity index (χ3v) is 15.2. The molecule has 0 radical (unpaired) electrons. The zero-order valence-corrected chi connectivity index (χ0v) is 50.9. The second kappa shape index (κ2) is 55.5. The maximum atomic E-state index is 13.2. The number of carbonyl (C=O) groups is 4. The van der Waals surface area contributed by atoms with Crippen LogP contribution in [0.5, 0.6) is 0 Å². The highest BCUT2D eigenvalue weighted by Gasteiger charge is 2.50. The Morgan fingerprint density at radius 3 is 1.22 bits per heavy atom. The number of aliphatic hydroxyl groups excluding tert-OH is 2. The topological polar surface area (TPSA) is 175 Å². The van der Waals surface area contributed by atoms with Crippen LogP contribution in [-0.2, 0) is 42.9 Å². The number of carbonyl (C=O) groups excluding carboxylic acids is 3. The third kappa shape index (κ3) is 45.2. The van der Waals surface area contributed by atoms with E-state index in [1.54, 1.807) is 0 Å². The Morgan fingerprint density at radius 1 is 0.430 bits per heavy atom. The molecule has 0 spiro atoms. The van der Waals surface area contributed by atoms with E-state index in [1.807, 2.05) is 0 Å². The van der Waals surface area contributed by atoms with Gasteiger partial charge in [-0.1, -0.05) is 282 Å². The van der Waals surface area contributed by atoms with Gasteiger partial charge in [0.1, 0.15) is 18.8 Å². The number of hydrogen-bond acceptors (Lipinski definition) is 11. The smallest absolute Gasteiger partial charge is 0.335 e. The predicted molar refractivity (Wildman–Crippen MR) is 322 cm³/mol. The van der Waals surface area contributed by atoms with Gasteiger partial charge in [-0.3, -0.25) is 14.4 Å². The quantitative estimate of drug-likeness (QED) is 0.0228. The van der Waals surface area contributed by atoms with Crippen molar-refractivity contribution >= 4 is 23.9 Å². The van der Waals surface area contributed by atoms with Crippen LogP contribution in [0.1, 0.15) is 316 Å². The Kier molecular flexibility index (Phi) is 51.9. The van der Waals surface area contributed by atoms with Gasteiger partial charge >= 0.3 is 23.9 Å². The fourth-order valence-electron chi connectivity index (χ4n) is 10.2. The van der Waals surface area contributed by atoms with Crippen molar-refractivity contribution < 1.29 is 58.2 Å². The third-order valence-electron chi connectivity index (χ3n) is 15.2. The van der Waals surface area contributed by atoms with Gasteiger partial charge in [-0.25, -0.2) is 4.79 Å². The molecule has 1 aliphatic rings. The zero-order valence-electron chi connectivity index (χ0n) is 50.9. The van der Waals surface area contributed by atoms with E-state index in [1.165, 1.54) is 148 Å². The first-order valence-corrected chi connectivity index (χ1v) is 33.0. The minimum absolute atomic E-state index is 0.0651. The molecule has 0 aromatic heterocycles. The molecule has 0 aromatic rings. The molecule has 0 aliphatic carbocycles. The molecule has 1 heterocycles. The number of unbranched alkanes of at least 4 members (excludes halogenated alkanes) is 37. The van der Waals surface area contributed by atoms with Crippen LogP contribution in [0, 0.1) is 0 Å². The number of ether oxygens (including phenoxy) is 5. The Bertz CT molecular complexity index is 1510. The highest BCUT2D eigenvalue weighted by molar-refractivity contribution is 5.74. The lowest BCUT2D eigenvalue weighted by molar-refractivity contribution is -0.301. The lowest BCUT2D eigenvalue weighted by atomic mass is 9.98. The molecule has 460 valence electrons. The highest BCUT2D eigenvalue weighted by Crippen LogP contribution is 2.27. The van der Waals surface area contributed by atoms with Crippen LogP contribution in [-0.4, -0.2) is 89.2 Å². The fourth-order valence-corrected chi connectivity index (χ4v) is 10.2. The standard InChI is InChI=1S/C67H120O12/c1-4-7-10-13-16-19-22-25-27-29-30-32-33-36-38-41-44-47-50-53-59(68)75-56-58(77-60(69)54-51-48-45-42-40-37-34-31-28-26-23-20-17-14-11-8-5-2)57-76-67-65(63(72)62(71)64(79-67)66(73)74)78-61(70)55-52-49-46-43-39-35-24-21-18-15-12-9-6-3/h8,11,17,20,26,28,58,62-65,67,71-72H,4-7,9-10,12-16,18-19,21-25,27,29-57H2,1-3H3,(H,73,74)/b11-8-,20-17-,28-26-. The summed E-state index contributed by atoms with van der Waals surface area (Å²) in [5.74, 6) is -3.09. The second-order valence-electron chi connectivity index (χ2n) is 22.7. The Hall–Kier alpha value is -3.06. The van der Waals surface area contributed by atoms with E-state index in [9.17, 15) is 34.5 Å². The molecule has 0 amide bonds. The Balaban J connectivity index is 2.63. The first kappa shape index (κ1) is 74.0. The van der Waals surface area contributed by atoms with E-state index in [-0.39, 0.29) is 25.9 Å². The molecule has 6 unspecified atom stereocenters. The van der Waals surface area contributed by atoms with Crippen molar-refractivity contribution in [1.29, 1.82) is 0 Å². The maximum absolute atomic E-state index is 13.2. The van der Waals surface area contributed by atoms with Crippen LogP contribution in [0.25, 0.3) is 0 Å². The zero-order chi connectivity index (χ0) is 57.5. The van der Waals surface area contributed by atoms with Gasteiger partial charge in [-0.05, 0) is 51.4 Å². The SMILES string of the molecule is CC/C=C\C/C=C\C/C=C\CCCCCCCCCC(=O)OC(COC(=O)CCCCCCCCCCCCCCCCCCCCC)COC1OC(C(=O)O)C(O)C(O)C1OC(=O)CCCCCCCCCCCCCCC. The van der Waals surface area contributed by atoms with Gasteiger partial charge in [0.2, 0.25) is 0 Å². The van der Waals surface area contributed by atoms with Gasteiger partial charge in [0, 0.05) is 19.3 Å². The largest absolute Gasteiger partial charge is 0.479 e. The molecule has 1 saturated heterocycles. The normalized spacial score (nSPS) is 18.0. The summed E-state index contributed by atoms with van der Waals surface area (Å²) in [6.07, 6.45) is 53.9. The molecule has 6 atom stereocenters. The van der Waals surface area contributed by atoms with Gasteiger partial charge in [-0.2, -0.15) is 0 Å². The van der Waals surface area contributed by atoms with E-state index in [0.29, 0.717) is 19.3 Å². The fraction of sp³-hybridized carbons (Fsp3) is 0.851. The van der Waals surface area contributed by atoms with E-state index in [0.717, 1.165) is 109 Å². The molecule has 79 heavy (non-hydrogen) atoms. The van der Waals surface area contributed by atoms with Crippen molar-refractivity contribution in [2.24, 2.45) is 0 Å². The van der Waals surface area contributed by atoms with Crippen LogP contribution in [0.15, 0.2) is 36.5 Å². The number of rotatable bonds is 57. The number of carboxylic acid groups (broad SMARTS) is 1. The van der Waals surface area contributed by atoms with Gasteiger partial charge in [0.05, 0.1) is 6.61 Å². The second-order valence-corrected chi connectivity index (χ2v) is 22.7. The molecule has 12 heteroatoms. The van der Waals surface area contributed by atoms with E-state index in [4.69, 9.17) is 23.7 Å². The Labute approximate surface area is 482 Å². The number of esters is 3. The average Bonchev–Trinajstić information content (AvgIpc) is 3.46. The van der Waals surface area contributed by atoms with Crippen LogP contribution in [0.3, 0.4) is 0 Å². The molecule has 12 nitrogen and oxygen atoms in total. The summed E-state index contributed by atoms with van der Waals surface area (Å²) in [6, 6.07) is 0. The van der Waals surface area contributed by atoms with Crippen molar-refractivity contribution in [3.63, 3.8) is 0 Å². The van der Waals surface area contributed by atoms with Gasteiger partial charge in [-0.15, -0.1) is 0 Å². The summed E-state index contributed by atoms with van der Waals surface area (Å²) in [5.41, 5.74) is 0. The molecule has 1 fully saturated rings. The minimum Gasteiger partial charge on any atom is -0.479 e. The number of carboxylic acids is 1. The molecule has 1 aliphatic heterocycles. The molecule has 3 N–H and O–H groups in total. The van der Waals surface area contributed by atoms with Crippen molar-refractivity contribution in [1.82, 2.24) is 0 Å². The van der Waals surface area contributed by atoms with Crippen molar-refractivity contribution in [3.8, 4) is 0 Å². The highest BCUT2D eigenvalue weighted by atomic mass is 16.7. The summed E-state index contributed by atoms with van der Waals surface area (Å²) in [5, 5.41) is 31.6. The van der Waals surface area contributed by atoms with Crippen molar-refractivity contribution in [3.05, 3.63) is 36.5 Å². The van der Waals surface area contributed by atoms with Crippen LogP contribution >= 0.6 is 0 Å². The van der Waals surface area contributed by atoms with Crippen LogP contribution < -0.4 is 0 Å². The van der Waals surface area contributed by atoms with Gasteiger partial charge in [0.15, 0.2) is 24.6 Å². The molecule has 1 rings (SSSR count). The summed E-state index contributed by atoms with van der Waals surface area (Å²) in [6.45, 7) is 5.93. The average molecular weight is 1120 g/mol. The molecule has 0 saturated carbocycles. The van der Waals surface area contributed by atoms with Crippen molar-refractivity contribution in [2.75, 3.05) is 13.2 Å². The van der Waals surface area contributed by atoms with E-state index in [2.05, 4.69) is 57.2 Å². The maximum Gasteiger partial charge on any atom is 0.335 e. The first-order valence-electron chi connectivity index (χ1n) is 33.0. The van der Waals surface area contributed by atoms with Gasteiger partial charge in [0.25, 0.3) is 0 Å². The summed E-state index contributed by atoms with van der Waals surface area (Å²) in [4.78, 5) is 51.3. The number of allylic oxidation sites excluding steroid dienone is 6. The lowest BCUT2D eigenvalue weighted by Gasteiger charge is -2.40. The number of hydrogen-bond donors (Lipinski definition) is 3. The van der Waals surface area contributed by atoms with Gasteiger partial charge < -0.3 is 39.0 Å². The lowest BCUT2D eigenvalue weighted by Crippen LogP contribution is -2.61. The van der Waals surface area contributed by atoms with Crippen LogP contribution in [0.2, 0.25) is 0 Å². The number of aliphatic carboxylic acids is 1. The minimum atomic E-state index is -1.90. The van der Waals surface area contributed by atoms with E-state index < -0.39 is 67.3 Å². The first-order chi connectivity index (χ1) is 38.6. The molecule has 0 aromatic carbocycles. The van der Waals surface area contributed by atoms with E-state index >= 15 is 0 Å². The number of aliphatic hydroxyl groups is 2. The molecule has 0 bridgehead atoms. The summed E-state index contributed by atoms with van der Waals surface area (Å²) >= 11 is 0. The monoisotopic (exact) mass is 1120 g/mol. The van der Waals surface area contributed by atoms with Crippen molar-refractivity contribution in [2.45, 2.75) is 353 Å². The molecular formula is C67H120O12. The summed E-state index contributed by atoms with van der Waals surface area (Å²) < 4.78 is 28.5. The summed E-state index contributed by atoms with van der Waals surface area (Å²) in [7, 11) is 0. The van der Waals surface area contributed by atoms with Crippen LogP contribution in [0.4, 0.5) is 0 Å². The molecular weight excluding hydrogens is 997 g/mol. The Morgan fingerprint density at radius 2 is 0.797 bits per heavy atom. The predicted octanol–water partition coefficient (Wildman–Crippen LogP) is 17.6.